The highest BCUT2D eigenvalue weighted by atomic mass is 28.4. The van der Waals surface area contributed by atoms with Gasteiger partial charge in [-0.2, -0.15) is 0 Å². The predicted molar refractivity (Wildman–Crippen MR) is 72.6 cm³/mol. The van der Waals surface area contributed by atoms with Crippen LogP contribution in [0.4, 0.5) is 0 Å². The summed E-state index contributed by atoms with van der Waals surface area (Å²) in [5.41, 5.74) is 0. The van der Waals surface area contributed by atoms with Crippen molar-refractivity contribution in [1.82, 2.24) is 10.2 Å². The second-order valence-electron chi connectivity index (χ2n) is 6.23. The molecule has 1 fully saturated rings. The molecule has 1 rings (SSSR count). The van der Waals surface area contributed by atoms with Crippen LogP contribution in [-0.4, -0.2) is 51.9 Å². The molecule has 1 N–H and O–H groups in total. The van der Waals surface area contributed by atoms with Crippen LogP contribution in [0.5, 0.6) is 0 Å². The van der Waals surface area contributed by atoms with Gasteiger partial charge in [-0.25, -0.2) is 0 Å². The Morgan fingerprint density at radius 3 is 2.59 bits per heavy atom. The summed E-state index contributed by atoms with van der Waals surface area (Å²) in [6, 6.07) is 0. The summed E-state index contributed by atoms with van der Waals surface area (Å²) in [5.74, 6) is 0.128. The summed E-state index contributed by atoms with van der Waals surface area (Å²) in [7, 11) is -1.63. The fourth-order valence-electron chi connectivity index (χ4n) is 1.53. The van der Waals surface area contributed by atoms with Crippen LogP contribution in [0.2, 0.25) is 18.1 Å². The minimum Gasteiger partial charge on any atom is -0.416 e. The third-order valence-electron chi connectivity index (χ3n) is 3.79. The predicted octanol–water partition coefficient (Wildman–Crippen LogP) is 1.44. The number of amides is 1. The van der Waals surface area contributed by atoms with Crippen molar-refractivity contribution in [2.75, 3.05) is 32.8 Å². The zero-order chi connectivity index (χ0) is 13.1. The highest BCUT2D eigenvalue weighted by Gasteiger charge is 2.37. The van der Waals surface area contributed by atoms with E-state index >= 15 is 0 Å². The van der Waals surface area contributed by atoms with Gasteiger partial charge in [0.15, 0.2) is 8.32 Å². The Morgan fingerprint density at radius 2 is 2.06 bits per heavy atom. The van der Waals surface area contributed by atoms with Crippen molar-refractivity contribution in [3.05, 3.63) is 0 Å². The molecule has 0 unspecified atom stereocenters. The minimum absolute atomic E-state index is 0.128. The standard InChI is InChI=1S/C12H26N2O2Si/c1-12(2,3)17(4,5)16-9-8-14-7-6-13-11(15)10-14/h6-10H2,1-5H3,(H,13,15). The van der Waals surface area contributed by atoms with Gasteiger partial charge in [0.25, 0.3) is 0 Å². The Kier molecular flexibility index (Phi) is 4.74. The van der Waals surface area contributed by atoms with E-state index in [2.05, 4.69) is 44.1 Å². The average Bonchev–Trinajstić information content (AvgIpc) is 2.15. The number of hydrogen-bond donors (Lipinski definition) is 1. The number of carbonyl (C=O) groups is 1. The highest BCUT2D eigenvalue weighted by Crippen LogP contribution is 2.36. The van der Waals surface area contributed by atoms with E-state index in [4.69, 9.17) is 4.43 Å². The Bertz CT molecular complexity index is 274. The molecule has 0 radical (unpaired) electrons. The van der Waals surface area contributed by atoms with Crippen molar-refractivity contribution in [3.8, 4) is 0 Å². The number of piperazine rings is 1. The van der Waals surface area contributed by atoms with Gasteiger partial charge in [-0.3, -0.25) is 9.69 Å². The van der Waals surface area contributed by atoms with Gasteiger partial charge in [0.05, 0.1) is 6.54 Å². The molecule has 5 heteroatoms. The maximum absolute atomic E-state index is 11.2. The van der Waals surface area contributed by atoms with Gasteiger partial charge in [0.1, 0.15) is 0 Å². The lowest BCUT2D eigenvalue weighted by atomic mass is 10.2. The number of carbonyl (C=O) groups excluding carboxylic acids is 1. The van der Waals surface area contributed by atoms with Crippen molar-refractivity contribution in [1.29, 1.82) is 0 Å². The first kappa shape index (κ1) is 14.7. The zero-order valence-corrected chi connectivity index (χ0v) is 12.8. The van der Waals surface area contributed by atoms with E-state index in [1.54, 1.807) is 0 Å². The van der Waals surface area contributed by atoms with Gasteiger partial charge in [-0.1, -0.05) is 20.8 Å². The molecule has 1 aliphatic rings. The van der Waals surface area contributed by atoms with Crippen molar-refractivity contribution in [2.24, 2.45) is 0 Å². The molecule has 0 spiro atoms. The molecule has 1 saturated heterocycles. The molecule has 17 heavy (non-hydrogen) atoms. The molecule has 1 aliphatic heterocycles. The van der Waals surface area contributed by atoms with Crippen LogP contribution in [-0.2, 0) is 9.22 Å². The Balaban J connectivity index is 2.30. The SMILES string of the molecule is CC(C)(C)[Si](C)(C)OCCN1CCNC(=O)C1. The first-order valence-electron chi connectivity index (χ1n) is 6.35. The Labute approximate surface area is 106 Å². The summed E-state index contributed by atoms with van der Waals surface area (Å²) in [6.45, 7) is 15.1. The summed E-state index contributed by atoms with van der Waals surface area (Å²) in [4.78, 5) is 13.4. The molecule has 0 aromatic rings. The normalized spacial score (nSPS) is 19.2. The minimum atomic E-state index is -1.63. The van der Waals surface area contributed by atoms with Gasteiger partial charge in [0, 0.05) is 26.2 Å². The van der Waals surface area contributed by atoms with Crippen LogP contribution in [0.25, 0.3) is 0 Å². The fourth-order valence-corrected chi connectivity index (χ4v) is 2.56. The first-order valence-corrected chi connectivity index (χ1v) is 9.26. The lowest BCUT2D eigenvalue weighted by Gasteiger charge is -2.37. The average molecular weight is 258 g/mol. The van der Waals surface area contributed by atoms with E-state index in [0.717, 1.165) is 26.2 Å². The van der Waals surface area contributed by atoms with Gasteiger partial charge in [-0.15, -0.1) is 0 Å². The van der Waals surface area contributed by atoms with Crippen LogP contribution < -0.4 is 5.32 Å². The molecule has 0 saturated carbocycles. The Morgan fingerprint density at radius 1 is 1.41 bits per heavy atom. The van der Waals surface area contributed by atoms with Gasteiger partial charge < -0.3 is 9.74 Å². The molecule has 0 bridgehead atoms. The number of nitrogens with one attached hydrogen (secondary N) is 1. The summed E-state index contributed by atoms with van der Waals surface area (Å²) >= 11 is 0. The fraction of sp³-hybridized carbons (Fsp3) is 0.917. The first-order chi connectivity index (χ1) is 7.72. The molecule has 1 heterocycles. The molecular weight excluding hydrogens is 232 g/mol. The quantitative estimate of drug-likeness (QED) is 0.776. The Hall–Kier alpha value is -0.393. The largest absolute Gasteiger partial charge is 0.416 e. The van der Waals surface area contributed by atoms with Crippen molar-refractivity contribution < 1.29 is 9.22 Å². The maximum Gasteiger partial charge on any atom is 0.234 e. The molecule has 100 valence electrons. The molecule has 4 nitrogen and oxygen atoms in total. The lowest BCUT2D eigenvalue weighted by Crippen LogP contribution is -2.49. The number of rotatable bonds is 4. The molecule has 0 aromatic heterocycles. The van der Waals surface area contributed by atoms with Crippen LogP contribution in [0.1, 0.15) is 20.8 Å². The topological polar surface area (TPSA) is 41.6 Å². The van der Waals surface area contributed by atoms with E-state index in [9.17, 15) is 4.79 Å². The highest BCUT2D eigenvalue weighted by molar-refractivity contribution is 6.74. The zero-order valence-electron chi connectivity index (χ0n) is 11.8. The molecule has 0 atom stereocenters. The summed E-state index contributed by atoms with van der Waals surface area (Å²) in [6.07, 6.45) is 0. The van der Waals surface area contributed by atoms with Crippen LogP contribution in [0.3, 0.4) is 0 Å². The van der Waals surface area contributed by atoms with Gasteiger partial charge in [0.2, 0.25) is 5.91 Å². The van der Waals surface area contributed by atoms with E-state index in [1.807, 2.05) is 0 Å². The molecule has 0 aromatic carbocycles. The van der Waals surface area contributed by atoms with E-state index in [1.165, 1.54) is 0 Å². The second-order valence-corrected chi connectivity index (χ2v) is 11.0. The smallest absolute Gasteiger partial charge is 0.234 e. The van der Waals surface area contributed by atoms with E-state index in [0.29, 0.717) is 6.54 Å². The lowest BCUT2D eigenvalue weighted by molar-refractivity contribution is -0.124. The number of hydrogen-bond acceptors (Lipinski definition) is 3. The van der Waals surface area contributed by atoms with E-state index in [-0.39, 0.29) is 10.9 Å². The third-order valence-corrected chi connectivity index (χ3v) is 8.33. The van der Waals surface area contributed by atoms with Crippen molar-refractivity contribution >= 4 is 14.2 Å². The van der Waals surface area contributed by atoms with Gasteiger partial charge in [-0.05, 0) is 18.1 Å². The van der Waals surface area contributed by atoms with E-state index < -0.39 is 8.32 Å². The summed E-state index contributed by atoms with van der Waals surface area (Å²) in [5, 5.41) is 3.09. The molecular formula is C12H26N2O2Si. The summed E-state index contributed by atoms with van der Waals surface area (Å²) < 4.78 is 6.10. The monoisotopic (exact) mass is 258 g/mol. The third kappa shape index (κ3) is 4.41. The molecule has 0 aliphatic carbocycles. The van der Waals surface area contributed by atoms with Crippen LogP contribution >= 0.6 is 0 Å². The van der Waals surface area contributed by atoms with Crippen LogP contribution in [0, 0.1) is 0 Å². The number of nitrogens with zero attached hydrogens (tertiary/aromatic N) is 1. The van der Waals surface area contributed by atoms with Crippen molar-refractivity contribution in [3.63, 3.8) is 0 Å². The molecule has 1 amide bonds. The maximum atomic E-state index is 11.2. The van der Waals surface area contributed by atoms with Crippen LogP contribution in [0.15, 0.2) is 0 Å². The van der Waals surface area contributed by atoms with Gasteiger partial charge >= 0.3 is 0 Å². The van der Waals surface area contributed by atoms with Crippen molar-refractivity contribution in [2.45, 2.75) is 38.9 Å². The second kappa shape index (κ2) is 5.50.